The van der Waals surface area contributed by atoms with Gasteiger partial charge in [-0.05, 0) is 41.7 Å². The van der Waals surface area contributed by atoms with E-state index < -0.39 is 0 Å². The molecule has 4 heteroatoms. The largest absolute Gasteiger partial charge is 0.504 e. The number of cyclic esters (lactones) is 1. The molecule has 0 aromatic rings. The summed E-state index contributed by atoms with van der Waals surface area (Å²) in [6, 6.07) is 0. The standard InChI is InChI=1S/C20H26O4/c1-12-14(7-6-13-10-15(21)24-11-13)20(4)9-5-8-19(2,3)18(20)17(23)16(12)22/h6-7,10,14,18,22H,5,8-9,11H2,1-4H3/b7-6-/t14-,18-,20+/m0/s1. The molecule has 1 heterocycles. The van der Waals surface area contributed by atoms with Crippen LogP contribution in [0.15, 0.2) is 35.1 Å². The maximum absolute atomic E-state index is 12.8. The molecule has 0 radical (unpaired) electrons. The second kappa shape index (κ2) is 5.61. The number of aliphatic hydroxyl groups excluding tert-OH is 1. The molecule has 3 rings (SSSR count). The zero-order valence-electron chi connectivity index (χ0n) is 14.9. The first kappa shape index (κ1) is 17.0. The number of hydrogen-bond donors (Lipinski definition) is 1. The van der Waals surface area contributed by atoms with E-state index in [2.05, 4.69) is 20.8 Å². The van der Waals surface area contributed by atoms with E-state index in [0.29, 0.717) is 6.61 Å². The number of carbonyl (C=O) groups excluding carboxylic acids is 2. The molecular weight excluding hydrogens is 304 g/mol. The maximum Gasteiger partial charge on any atom is 0.331 e. The summed E-state index contributed by atoms with van der Waals surface area (Å²) >= 11 is 0. The molecule has 1 saturated carbocycles. The van der Waals surface area contributed by atoms with E-state index in [9.17, 15) is 14.7 Å². The molecule has 0 bridgehead atoms. The van der Waals surface area contributed by atoms with Crippen LogP contribution in [0.2, 0.25) is 0 Å². The van der Waals surface area contributed by atoms with Crippen molar-refractivity contribution >= 4 is 11.8 Å². The number of allylic oxidation sites excluding steroid dienone is 3. The number of Topliss-reactive ketones (excluding diaryl/α,β-unsaturated/α-hetero) is 1. The van der Waals surface area contributed by atoms with E-state index in [1.165, 1.54) is 6.08 Å². The first-order valence-electron chi connectivity index (χ1n) is 8.66. The molecule has 1 aliphatic heterocycles. The topological polar surface area (TPSA) is 63.6 Å². The summed E-state index contributed by atoms with van der Waals surface area (Å²) in [5.41, 5.74) is 1.23. The van der Waals surface area contributed by atoms with Crippen molar-refractivity contribution in [3.8, 4) is 0 Å². The van der Waals surface area contributed by atoms with Gasteiger partial charge >= 0.3 is 5.97 Å². The van der Waals surface area contributed by atoms with Crippen molar-refractivity contribution < 1.29 is 19.4 Å². The van der Waals surface area contributed by atoms with E-state index in [0.717, 1.165) is 30.4 Å². The van der Waals surface area contributed by atoms with E-state index in [1.54, 1.807) is 0 Å². The van der Waals surface area contributed by atoms with Crippen LogP contribution in [0.1, 0.15) is 47.0 Å². The number of rotatable bonds is 2. The molecule has 130 valence electrons. The van der Waals surface area contributed by atoms with Crippen LogP contribution in [-0.4, -0.2) is 23.5 Å². The highest BCUT2D eigenvalue weighted by atomic mass is 16.5. The van der Waals surface area contributed by atoms with Crippen LogP contribution in [0.5, 0.6) is 0 Å². The minimum atomic E-state index is -0.313. The molecule has 0 unspecified atom stereocenters. The van der Waals surface area contributed by atoms with Crippen molar-refractivity contribution in [2.75, 3.05) is 6.61 Å². The molecule has 0 saturated heterocycles. The molecule has 0 amide bonds. The van der Waals surface area contributed by atoms with Crippen molar-refractivity contribution in [2.24, 2.45) is 22.7 Å². The number of ether oxygens (including phenoxy) is 1. The third-order valence-corrected chi connectivity index (χ3v) is 6.21. The highest BCUT2D eigenvalue weighted by molar-refractivity contribution is 5.98. The average Bonchev–Trinajstić information content (AvgIpc) is 2.89. The van der Waals surface area contributed by atoms with Gasteiger partial charge < -0.3 is 9.84 Å². The van der Waals surface area contributed by atoms with Crippen LogP contribution in [0, 0.1) is 22.7 Å². The summed E-state index contributed by atoms with van der Waals surface area (Å²) < 4.78 is 4.94. The van der Waals surface area contributed by atoms with E-state index >= 15 is 0 Å². The Morgan fingerprint density at radius 3 is 2.58 bits per heavy atom. The van der Waals surface area contributed by atoms with Gasteiger partial charge in [0.05, 0.1) is 0 Å². The van der Waals surface area contributed by atoms with Crippen molar-refractivity contribution in [1.29, 1.82) is 0 Å². The minimum Gasteiger partial charge on any atom is -0.504 e. The third kappa shape index (κ3) is 2.52. The lowest BCUT2D eigenvalue weighted by molar-refractivity contribution is -0.139. The van der Waals surface area contributed by atoms with Crippen LogP contribution in [-0.2, 0) is 14.3 Å². The van der Waals surface area contributed by atoms with Gasteiger partial charge in [-0.1, -0.05) is 39.3 Å². The number of fused-ring (bicyclic) bond motifs is 1. The Morgan fingerprint density at radius 2 is 1.96 bits per heavy atom. The average molecular weight is 330 g/mol. The van der Waals surface area contributed by atoms with Crippen LogP contribution in [0.3, 0.4) is 0 Å². The normalized spacial score (nSPS) is 35.9. The van der Waals surface area contributed by atoms with E-state index in [-0.39, 0.29) is 40.2 Å². The van der Waals surface area contributed by atoms with Gasteiger partial charge in [0.25, 0.3) is 0 Å². The SMILES string of the molecule is CC1=C(O)C(=O)[C@H]2C(C)(C)CCC[C@]2(C)[C@H]1/C=C\C1=CC(=O)OC1. The summed E-state index contributed by atoms with van der Waals surface area (Å²) in [6.45, 7) is 8.57. The Bertz CT molecular complexity index is 680. The Morgan fingerprint density at radius 1 is 1.25 bits per heavy atom. The predicted molar refractivity (Wildman–Crippen MR) is 91.2 cm³/mol. The molecule has 3 aliphatic rings. The van der Waals surface area contributed by atoms with Gasteiger partial charge in [-0.15, -0.1) is 0 Å². The number of hydrogen-bond acceptors (Lipinski definition) is 4. The quantitative estimate of drug-likeness (QED) is 0.780. The lowest BCUT2D eigenvalue weighted by Gasteiger charge is -2.55. The van der Waals surface area contributed by atoms with Gasteiger partial charge in [0.2, 0.25) is 5.78 Å². The molecule has 24 heavy (non-hydrogen) atoms. The fourth-order valence-electron chi connectivity index (χ4n) is 5.14. The van der Waals surface area contributed by atoms with E-state index in [4.69, 9.17) is 4.74 Å². The number of esters is 1. The molecule has 0 aromatic carbocycles. The fourth-order valence-corrected chi connectivity index (χ4v) is 5.14. The van der Waals surface area contributed by atoms with Gasteiger partial charge in [-0.3, -0.25) is 4.79 Å². The molecular formula is C20H26O4. The summed E-state index contributed by atoms with van der Waals surface area (Å²) in [7, 11) is 0. The highest BCUT2D eigenvalue weighted by Gasteiger charge is 2.57. The number of aliphatic hydroxyl groups is 1. The second-order valence-electron chi connectivity index (χ2n) is 8.34. The van der Waals surface area contributed by atoms with Gasteiger partial charge in [0.1, 0.15) is 6.61 Å². The number of ketones is 1. The fraction of sp³-hybridized carbons (Fsp3) is 0.600. The smallest absolute Gasteiger partial charge is 0.331 e. The first-order valence-corrected chi connectivity index (χ1v) is 8.66. The number of carbonyl (C=O) groups is 2. The first-order chi connectivity index (χ1) is 11.2. The van der Waals surface area contributed by atoms with Gasteiger partial charge in [0.15, 0.2) is 5.76 Å². The van der Waals surface area contributed by atoms with Crippen LogP contribution < -0.4 is 0 Å². The lowest BCUT2D eigenvalue weighted by Crippen LogP contribution is -2.53. The van der Waals surface area contributed by atoms with Gasteiger partial charge in [0, 0.05) is 17.9 Å². The van der Waals surface area contributed by atoms with E-state index in [1.807, 2.05) is 19.1 Å². The van der Waals surface area contributed by atoms with Crippen molar-refractivity contribution in [2.45, 2.75) is 47.0 Å². The zero-order valence-corrected chi connectivity index (χ0v) is 14.9. The van der Waals surface area contributed by atoms with Gasteiger partial charge in [-0.2, -0.15) is 0 Å². The Labute approximate surface area is 143 Å². The summed E-state index contributed by atoms with van der Waals surface area (Å²) in [5, 5.41) is 10.4. The Kier molecular flexibility index (Phi) is 3.97. The molecule has 0 aromatic heterocycles. The van der Waals surface area contributed by atoms with Gasteiger partial charge in [-0.25, -0.2) is 4.79 Å². The van der Waals surface area contributed by atoms with Crippen molar-refractivity contribution in [1.82, 2.24) is 0 Å². The Hall–Kier alpha value is -1.84. The molecule has 3 atom stereocenters. The molecule has 1 N–H and O–H groups in total. The van der Waals surface area contributed by atoms with Crippen molar-refractivity contribution in [3.63, 3.8) is 0 Å². The highest BCUT2D eigenvalue weighted by Crippen LogP contribution is 2.59. The summed E-state index contributed by atoms with van der Waals surface area (Å²) in [5.74, 6) is -0.701. The predicted octanol–water partition coefficient (Wildman–Crippen LogP) is 3.89. The molecule has 2 aliphatic carbocycles. The molecule has 0 spiro atoms. The zero-order chi connectivity index (χ0) is 17.7. The lowest BCUT2D eigenvalue weighted by atomic mass is 9.48. The maximum atomic E-state index is 12.8. The van der Waals surface area contributed by atoms with Crippen LogP contribution >= 0.6 is 0 Å². The third-order valence-electron chi connectivity index (χ3n) is 6.21. The molecule has 4 nitrogen and oxygen atoms in total. The van der Waals surface area contributed by atoms with Crippen LogP contribution in [0.4, 0.5) is 0 Å². The minimum absolute atomic E-state index is 0.0172. The van der Waals surface area contributed by atoms with Crippen LogP contribution in [0.25, 0.3) is 0 Å². The summed E-state index contributed by atoms with van der Waals surface area (Å²) in [4.78, 5) is 24.0. The monoisotopic (exact) mass is 330 g/mol. The second-order valence-corrected chi connectivity index (χ2v) is 8.34. The van der Waals surface area contributed by atoms with Crippen molar-refractivity contribution in [3.05, 3.63) is 35.1 Å². The molecule has 1 fully saturated rings. The Balaban J connectivity index is 2.03. The summed E-state index contributed by atoms with van der Waals surface area (Å²) in [6.07, 6.45) is 8.48.